The molecule has 4 N–H and O–H groups in total. The second-order valence-electron chi connectivity index (χ2n) is 16.2. The minimum absolute atomic E-state index is 0. The SMILES string of the molecule is C1=c2[nH]c(c3ccccc23)=C(c2ccccc2)c2[nH]c(c3ccccc23)C(c2ccccc2)=c2[nH]c(c3ccccc23)=C(c2ccccc2)c2[nH]c1c1ccccc21.[Pt].[c-]1ccccc1. The van der Waals surface area contributed by atoms with Crippen molar-refractivity contribution in [2.45, 2.75) is 0 Å². The van der Waals surface area contributed by atoms with Crippen molar-refractivity contribution in [2.24, 2.45) is 0 Å². The molecule has 0 atom stereocenters. The number of benzene rings is 8. The van der Waals surface area contributed by atoms with Gasteiger partial charge in [-0.3, -0.25) is 0 Å². The third-order valence-corrected chi connectivity index (χ3v) is 12.5. The fourth-order valence-corrected chi connectivity index (χ4v) is 9.72. The maximum atomic E-state index is 4.13. The summed E-state index contributed by atoms with van der Waals surface area (Å²) in [4.78, 5) is 16.3. The Kier molecular flexibility index (Phi) is 10.4. The van der Waals surface area contributed by atoms with E-state index >= 15 is 0 Å². The molecule has 8 bridgehead atoms. The Morgan fingerprint density at radius 1 is 0.277 bits per heavy atom. The molecule has 0 amide bonds. The summed E-state index contributed by atoms with van der Waals surface area (Å²) < 4.78 is 0. The molecule has 13 rings (SSSR count). The van der Waals surface area contributed by atoms with E-state index in [1.165, 1.54) is 0 Å². The van der Waals surface area contributed by atoms with Crippen molar-refractivity contribution in [2.75, 3.05) is 0 Å². The van der Waals surface area contributed by atoms with Gasteiger partial charge in [0.2, 0.25) is 0 Å². The maximum absolute atomic E-state index is 4.13. The van der Waals surface area contributed by atoms with E-state index in [0.29, 0.717) is 0 Å². The average molecular weight is 1010 g/mol. The van der Waals surface area contributed by atoms with Crippen LogP contribution in [0.1, 0.15) is 39.5 Å². The fourth-order valence-electron chi connectivity index (χ4n) is 9.72. The largest absolute Gasteiger partial charge is 0.354 e. The van der Waals surface area contributed by atoms with Crippen molar-refractivity contribution in [3.8, 4) is 0 Å². The van der Waals surface area contributed by atoms with E-state index in [1.807, 2.05) is 30.3 Å². The van der Waals surface area contributed by atoms with Crippen molar-refractivity contribution in [3.63, 3.8) is 0 Å². The van der Waals surface area contributed by atoms with Gasteiger partial charge in [0.1, 0.15) is 0 Å². The van der Waals surface area contributed by atoms with Gasteiger partial charge in [-0.05, 0) is 22.8 Å². The molecule has 0 saturated carbocycles. The topological polar surface area (TPSA) is 63.2 Å². The molecule has 0 saturated heterocycles. The van der Waals surface area contributed by atoms with Crippen LogP contribution in [0.5, 0.6) is 0 Å². The first-order chi connectivity index (χ1) is 31.8. The number of rotatable bonds is 3. The molecule has 0 fully saturated rings. The molecule has 65 heavy (non-hydrogen) atoms. The van der Waals surface area contributed by atoms with Gasteiger partial charge in [0.25, 0.3) is 0 Å². The van der Waals surface area contributed by atoms with Gasteiger partial charge in [0, 0.05) is 91.9 Å². The second kappa shape index (κ2) is 17.0. The van der Waals surface area contributed by atoms with E-state index < -0.39 is 0 Å². The summed E-state index contributed by atoms with van der Waals surface area (Å²) in [6.45, 7) is 0. The molecule has 8 aromatic carbocycles. The molecule has 5 heteroatoms. The van der Waals surface area contributed by atoms with Crippen LogP contribution < -0.4 is 21.4 Å². The normalized spacial score (nSPS) is 12.2. The number of nitrogens with one attached hydrogen (secondary N) is 4. The average Bonchev–Trinajstić information content (AvgIpc) is 4.13. The van der Waals surface area contributed by atoms with Gasteiger partial charge < -0.3 is 19.9 Å². The Labute approximate surface area is 389 Å². The second-order valence-corrected chi connectivity index (χ2v) is 16.2. The van der Waals surface area contributed by atoms with E-state index in [0.717, 1.165) is 121 Å². The smallest absolute Gasteiger partial charge is 0.0566 e. The fraction of sp³-hybridized carbons (Fsp3) is 0. The monoisotopic (exact) mass is 1010 g/mol. The van der Waals surface area contributed by atoms with Gasteiger partial charge in [-0.1, -0.05) is 188 Å². The molecular weight excluding hydrogens is 972 g/mol. The zero-order valence-corrected chi connectivity index (χ0v) is 37.5. The molecule has 12 aromatic rings. The Balaban J connectivity index is 0.000000622. The first-order valence-corrected chi connectivity index (χ1v) is 21.8. The summed E-state index contributed by atoms with van der Waals surface area (Å²) in [5.41, 5.74) is 11.0. The van der Waals surface area contributed by atoms with Gasteiger partial charge >= 0.3 is 0 Å². The summed E-state index contributed by atoms with van der Waals surface area (Å²) in [6, 6.07) is 80.1. The summed E-state index contributed by atoms with van der Waals surface area (Å²) in [5.74, 6) is 0. The third-order valence-electron chi connectivity index (χ3n) is 12.5. The molecule has 1 aliphatic rings. The standard InChI is InChI=1S/C54H36N4.C6H5.Pt/c1-4-18-33(19-5-1)46-49-38-26-12-10-24-36(38)44(55-49)32-45-37-25-11-13-27-39(37)50(56-45)47(34-20-6-2-7-21-34)52-41-29-15-17-31-43(41)54(58-52)48(35-22-8-3-9-23-35)53-42-30-16-14-28-40(42)51(46)57-53;1-2-4-6-5-3-1;/h1-32,55-58H;1-5H;/q;-1;. The third kappa shape index (κ3) is 6.91. The Bertz CT molecular complexity index is 3910. The maximum Gasteiger partial charge on any atom is 0.0566 e. The van der Waals surface area contributed by atoms with Crippen LogP contribution in [0, 0.1) is 6.07 Å². The molecule has 1 aliphatic heterocycles. The van der Waals surface area contributed by atoms with Crippen LogP contribution in [0.15, 0.2) is 218 Å². The van der Waals surface area contributed by atoms with Crippen LogP contribution in [0.3, 0.4) is 0 Å². The van der Waals surface area contributed by atoms with E-state index in [1.54, 1.807) is 0 Å². The summed E-state index contributed by atoms with van der Waals surface area (Å²) in [5, 5.41) is 13.5. The molecule has 4 aromatic heterocycles. The van der Waals surface area contributed by atoms with Crippen molar-refractivity contribution < 1.29 is 21.1 Å². The van der Waals surface area contributed by atoms with Crippen LogP contribution in [-0.2, 0) is 21.1 Å². The van der Waals surface area contributed by atoms with Gasteiger partial charge in [0.05, 0.1) is 33.1 Å². The number of hydrogen-bond acceptors (Lipinski definition) is 0. The first-order valence-electron chi connectivity index (χ1n) is 21.8. The Morgan fingerprint density at radius 3 is 1.05 bits per heavy atom. The van der Waals surface area contributed by atoms with Crippen LogP contribution in [-0.4, -0.2) is 19.9 Å². The van der Waals surface area contributed by atoms with E-state index in [-0.39, 0.29) is 21.1 Å². The molecule has 4 nitrogen and oxygen atoms in total. The molecule has 5 heterocycles. The molecule has 0 aliphatic carbocycles. The van der Waals surface area contributed by atoms with E-state index in [9.17, 15) is 0 Å². The number of aromatic nitrogens is 4. The summed E-state index contributed by atoms with van der Waals surface area (Å²) >= 11 is 0. The predicted octanol–water partition coefficient (Wildman–Crippen LogP) is 11.0. The van der Waals surface area contributed by atoms with Crippen molar-refractivity contribution >= 4 is 65.9 Å². The zero-order valence-electron chi connectivity index (χ0n) is 35.2. The zero-order chi connectivity index (χ0) is 42.4. The van der Waals surface area contributed by atoms with Gasteiger partial charge in [0.15, 0.2) is 0 Å². The minimum Gasteiger partial charge on any atom is -0.354 e. The number of H-pyrrole nitrogens is 4. The predicted molar refractivity (Wildman–Crippen MR) is 265 cm³/mol. The molecule has 0 unspecified atom stereocenters. The van der Waals surface area contributed by atoms with E-state index in [4.69, 9.17) is 0 Å². The van der Waals surface area contributed by atoms with Gasteiger partial charge in [-0.25, -0.2) is 0 Å². The quantitative estimate of drug-likeness (QED) is 0.128. The Morgan fingerprint density at radius 2 is 0.615 bits per heavy atom. The van der Waals surface area contributed by atoms with Crippen LogP contribution in [0.25, 0.3) is 65.9 Å². The number of fused-ring (bicyclic) bond motifs is 20. The number of aromatic amines is 4. The molecule has 0 radical (unpaired) electrons. The van der Waals surface area contributed by atoms with Gasteiger partial charge in [-0.15, -0.1) is 0 Å². The van der Waals surface area contributed by atoms with Crippen molar-refractivity contribution in [1.82, 2.24) is 19.9 Å². The van der Waals surface area contributed by atoms with Crippen molar-refractivity contribution in [1.29, 1.82) is 0 Å². The Hall–Kier alpha value is -7.91. The summed E-state index contributed by atoms with van der Waals surface area (Å²) in [7, 11) is 0. The van der Waals surface area contributed by atoms with Crippen LogP contribution >= 0.6 is 0 Å². The van der Waals surface area contributed by atoms with Crippen molar-refractivity contribution in [3.05, 3.63) is 285 Å². The number of hydrogen-bond donors (Lipinski definition) is 4. The minimum atomic E-state index is 0. The van der Waals surface area contributed by atoms with E-state index in [2.05, 4.69) is 220 Å². The van der Waals surface area contributed by atoms with Crippen LogP contribution in [0.4, 0.5) is 0 Å². The van der Waals surface area contributed by atoms with Crippen LogP contribution in [0.2, 0.25) is 0 Å². The van der Waals surface area contributed by atoms with Gasteiger partial charge in [-0.2, -0.15) is 36.4 Å². The summed E-state index contributed by atoms with van der Waals surface area (Å²) in [6.07, 6.45) is 2.30. The molecule has 0 spiro atoms. The molecule has 312 valence electrons. The molecular formula is C60H41N4Pt-. The first kappa shape index (κ1) is 39.9.